The zero-order valence-corrected chi connectivity index (χ0v) is 7.24. The molecule has 1 rings (SSSR count). The van der Waals surface area contributed by atoms with Crippen LogP contribution < -0.4 is 11.2 Å². The highest BCUT2D eigenvalue weighted by Crippen LogP contribution is 2.18. The SMILES string of the molecule is NCc1[nH]c(Cl)cc(=O)c1C(F)F. The Bertz CT molecular complexity index is 364. The third kappa shape index (κ3) is 2.05. The van der Waals surface area contributed by atoms with Crippen LogP contribution in [0.15, 0.2) is 10.9 Å². The maximum absolute atomic E-state index is 12.3. The number of aromatic amines is 1. The Hall–Kier alpha value is -0.940. The Morgan fingerprint density at radius 3 is 2.69 bits per heavy atom. The first kappa shape index (κ1) is 10.1. The van der Waals surface area contributed by atoms with Crippen molar-refractivity contribution in [1.29, 1.82) is 0 Å². The molecule has 0 radical (unpaired) electrons. The molecule has 1 aromatic rings. The fraction of sp³-hybridized carbons (Fsp3) is 0.286. The molecule has 13 heavy (non-hydrogen) atoms. The van der Waals surface area contributed by atoms with Gasteiger partial charge in [-0.25, -0.2) is 8.78 Å². The van der Waals surface area contributed by atoms with Crippen LogP contribution in [0.3, 0.4) is 0 Å². The Balaban J connectivity index is 3.39. The summed E-state index contributed by atoms with van der Waals surface area (Å²) in [5.74, 6) is 0. The molecule has 3 N–H and O–H groups in total. The lowest BCUT2D eigenvalue weighted by Gasteiger charge is -2.05. The molecule has 0 aliphatic heterocycles. The van der Waals surface area contributed by atoms with Crippen molar-refractivity contribution >= 4 is 11.6 Å². The van der Waals surface area contributed by atoms with Gasteiger partial charge in [-0.15, -0.1) is 0 Å². The second kappa shape index (κ2) is 3.85. The summed E-state index contributed by atoms with van der Waals surface area (Å²) in [5, 5.41) is 0.00912. The van der Waals surface area contributed by atoms with Gasteiger partial charge in [-0.05, 0) is 0 Å². The fourth-order valence-corrected chi connectivity index (χ4v) is 1.20. The van der Waals surface area contributed by atoms with Crippen LogP contribution >= 0.6 is 11.6 Å². The van der Waals surface area contributed by atoms with Crippen molar-refractivity contribution in [1.82, 2.24) is 4.98 Å². The highest BCUT2D eigenvalue weighted by molar-refractivity contribution is 6.29. The van der Waals surface area contributed by atoms with E-state index in [1.807, 2.05) is 0 Å². The molecule has 0 unspecified atom stereocenters. The zero-order chi connectivity index (χ0) is 10.0. The van der Waals surface area contributed by atoms with Crippen LogP contribution in [-0.4, -0.2) is 4.98 Å². The van der Waals surface area contributed by atoms with Crippen LogP contribution in [0, 0.1) is 0 Å². The normalized spacial score (nSPS) is 10.8. The lowest BCUT2D eigenvalue weighted by atomic mass is 10.2. The van der Waals surface area contributed by atoms with E-state index in [0.717, 1.165) is 6.07 Å². The van der Waals surface area contributed by atoms with Gasteiger partial charge in [0.15, 0.2) is 5.43 Å². The highest BCUT2D eigenvalue weighted by atomic mass is 35.5. The van der Waals surface area contributed by atoms with E-state index in [-0.39, 0.29) is 17.4 Å². The van der Waals surface area contributed by atoms with Crippen molar-refractivity contribution in [2.45, 2.75) is 13.0 Å². The molecular formula is C7H7ClF2N2O. The van der Waals surface area contributed by atoms with E-state index < -0.39 is 17.4 Å². The van der Waals surface area contributed by atoms with Gasteiger partial charge < -0.3 is 10.7 Å². The quantitative estimate of drug-likeness (QED) is 0.723. The summed E-state index contributed by atoms with van der Waals surface area (Å²) >= 11 is 5.45. The first-order chi connectivity index (χ1) is 6.06. The van der Waals surface area contributed by atoms with Gasteiger partial charge in [0, 0.05) is 18.3 Å². The molecule has 0 fully saturated rings. The van der Waals surface area contributed by atoms with E-state index >= 15 is 0 Å². The molecule has 0 saturated carbocycles. The number of alkyl halides is 2. The molecule has 72 valence electrons. The first-order valence-corrected chi connectivity index (χ1v) is 3.84. The molecule has 0 bridgehead atoms. The highest BCUT2D eigenvalue weighted by Gasteiger charge is 2.17. The van der Waals surface area contributed by atoms with E-state index in [1.54, 1.807) is 0 Å². The van der Waals surface area contributed by atoms with E-state index in [9.17, 15) is 13.6 Å². The first-order valence-electron chi connectivity index (χ1n) is 3.46. The summed E-state index contributed by atoms with van der Waals surface area (Å²) in [4.78, 5) is 13.4. The fourth-order valence-electron chi connectivity index (χ4n) is 0.989. The largest absolute Gasteiger partial charge is 0.348 e. The Morgan fingerprint density at radius 1 is 1.62 bits per heavy atom. The molecular weight excluding hydrogens is 202 g/mol. The van der Waals surface area contributed by atoms with Gasteiger partial charge in [0.05, 0.1) is 5.56 Å². The molecule has 0 amide bonds. The second-order valence-electron chi connectivity index (χ2n) is 2.38. The predicted molar refractivity (Wildman–Crippen MR) is 44.9 cm³/mol. The summed E-state index contributed by atoms with van der Waals surface area (Å²) in [6.07, 6.45) is -2.83. The van der Waals surface area contributed by atoms with Gasteiger partial charge >= 0.3 is 0 Å². The molecule has 1 heterocycles. The smallest absolute Gasteiger partial charge is 0.269 e. The van der Waals surface area contributed by atoms with Crippen molar-refractivity contribution in [2.75, 3.05) is 0 Å². The van der Waals surface area contributed by atoms with Crippen molar-refractivity contribution in [3.05, 3.63) is 32.7 Å². The number of nitrogens with one attached hydrogen (secondary N) is 1. The average Bonchev–Trinajstić information content (AvgIpc) is 2.01. The van der Waals surface area contributed by atoms with Crippen LogP contribution in [0.2, 0.25) is 5.15 Å². The van der Waals surface area contributed by atoms with Gasteiger partial charge in [0.1, 0.15) is 5.15 Å². The van der Waals surface area contributed by atoms with Crippen molar-refractivity contribution in [3.8, 4) is 0 Å². The lowest BCUT2D eigenvalue weighted by molar-refractivity contribution is 0.148. The summed E-state index contributed by atoms with van der Waals surface area (Å²) in [6, 6.07) is 0.905. The van der Waals surface area contributed by atoms with Gasteiger partial charge in [0.2, 0.25) is 0 Å². The van der Waals surface area contributed by atoms with Crippen LogP contribution in [0.5, 0.6) is 0 Å². The third-order valence-corrected chi connectivity index (χ3v) is 1.74. The topological polar surface area (TPSA) is 58.9 Å². The van der Waals surface area contributed by atoms with Crippen LogP contribution in [0.4, 0.5) is 8.78 Å². The number of halogens is 3. The molecule has 0 aliphatic carbocycles. The minimum Gasteiger partial charge on any atom is -0.348 e. The van der Waals surface area contributed by atoms with E-state index in [1.165, 1.54) is 0 Å². The summed E-state index contributed by atoms with van der Waals surface area (Å²) in [7, 11) is 0. The Morgan fingerprint density at radius 2 is 2.23 bits per heavy atom. The number of pyridine rings is 1. The van der Waals surface area contributed by atoms with Gasteiger partial charge in [0.25, 0.3) is 6.43 Å². The maximum Gasteiger partial charge on any atom is 0.269 e. The number of hydrogen-bond acceptors (Lipinski definition) is 2. The van der Waals surface area contributed by atoms with Crippen LogP contribution in [-0.2, 0) is 6.54 Å². The standard InChI is InChI=1S/C7H7ClF2N2O/c8-5-1-4(13)6(7(9)10)3(2-11)12-5/h1,7H,2,11H2,(H,12,13). The molecule has 1 aromatic heterocycles. The van der Waals surface area contributed by atoms with Crippen LogP contribution in [0.1, 0.15) is 17.7 Å². The minimum absolute atomic E-state index is 0.00912. The maximum atomic E-state index is 12.3. The van der Waals surface area contributed by atoms with Crippen molar-refractivity contribution < 1.29 is 8.78 Å². The molecule has 0 aliphatic rings. The Kier molecular flexibility index (Phi) is 3.00. The third-order valence-electron chi connectivity index (χ3n) is 1.54. The minimum atomic E-state index is -2.83. The average molecular weight is 209 g/mol. The van der Waals surface area contributed by atoms with E-state index in [2.05, 4.69) is 4.98 Å². The number of rotatable bonds is 2. The van der Waals surface area contributed by atoms with E-state index in [0.29, 0.717) is 0 Å². The number of nitrogens with two attached hydrogens (primary N) is 1. The number of hydrogen-bond donors (Lipinski definition) is 2. The molecule has 6 heteroatoms. The lowest BCUT2D eigenvalue weighted by Crippen LogP contribution is -2.16. The van der Waals surface area contributed by atoms with Gasteiger partial charge in [-0.1, -0.05) is 11.6 Å². The monoisotopic (exact) mass is 208 g/mol. The number of aromatic nitrogens is 1. The zero-order valence-electron chi connectivity index (χ0n) is 6.48. The van der Waals surface area contributed by atoms with Gasteiger partial charge in [-0.3, -0.25) is 4.79 Å². The van der Waals surface area contributed by atoms with E-state index in [4.69, 9.17) is 17.3 Å². The molecule has 0 spiro atoms. The summed E-state index contributed by atoms with van der Waals surface area (Å²) < 4.78 is 24.6. The summed E-state index contributed by atoms with van der Waals surface area (Å²) in [6.45, 7) is -0.171. The molecule has 0 aromatic carbocycles. The Labute approximate surface area is 77.5 Å². The number of H-pyrrole nitrogens is 1. The predicted octanol–water partition coefficient (Wildman–Crippen LogP) is 1.42. The summed E-state index contributed by atoms with van der Waals surface area (Å²) in [5.41, 5.74) is 3.75. The second-order valence-corrected chi connectivity index (χ2v) is 2.79. The molecule has 3 nitrogen and oxygen atoms in total. The molecule has 0 saturated heterocycles. The van der Waals surface area contributed by atoms with Crippen LogP contribution in [0.25, 0.3) is 0 Å². The van der Waals surface area contributed by atoms with Gasteiger partial charge in [-0.2, -0.15) is 0 Å². The molecule has 0 atom stereocenters. The van der Waals surface area contributed by atoms with Crippen molar-refractivity contribution in [3.63, 3.8) is 0 Å². The van der Waals surface area contributed by atoms with Crippen molar-refractivity contribution in [2.24, 2.45) is 5.73 Å².